The van der Waals surface area contributed by atoms with Gasteiger partial charge in [0.1, 0.15) is 0 Å². The Hall–Kier alpha value is 0. The van der Waals surface area contributed by atoms with E-state index in [0.29, 0.717) is 0 Å². The summed E-state index contributed by atoms with van der Waals surface area (Å²) >= 11 is 0. The molecule has 0 aliphatic rings. The molecular weight excluding hydrogens is 144 g/mol. The Morgan fingerprint density at radius 2 is 0.833 bits per heavy atom. The van der Waals surface area contributed by atoms with Crippen LogP contribution >= 0.6 is 0 Å². The zero-order valence-corrected chi connectivity index (χ0v) is 4.91. The molecule has 0 nitrogen and oxygen atoms in total. The zero-order chi connectivity index (χ0) is 4.99. The van der Waals surface area contributed by atoms with Gasteiger partial charge in [-0.15, -0.1) is 0 Å². The first-order valence-corrected chi connectivity index (χ1v) is 2.62. The lowest BCUT2D eigenvalue weighted by atomic mass is 10.1. The van der Waals surface area contributed by atoms with E-state index in [1.54, 1.807) is 5.92 Å². The molecule has 0 fully saturated rings. The van der Waals surface area contributed by atoms with Crippen LogP contribution in [0.3, 0.4) is 0 Å². The van der Waals surface area contributed by atoms with Crippen LogP contribution in [0.1, 0.15) is 78.2 Å². The Balaban J connectivity index is -0.00000000833. The number of rotatable bonds is 2. The minimum Gasteiger partial charge on any atom is -0.317 e. The van der Waals surface area contributed by atoms with Crippen molar-refractivity contribution in [3.8, 4) is 0 Å². The highest BCUT2D eigenvalue weighted by molar-refractivity contribution is 4.78. The molecule has 0 aromatic rings. The summed E-state index contributed by atoms with van der Waals surface area (Å²) in [6.07, 6.45) is 2.49. The fourth-order valence-corrected chi connectivity index (χ4v) is 0.250. The lowest BCUT2D eigenvalue weighted by Gasteiger charge is -2.16. The molecule has 0 atom stereocenters. The fraction of sp³-hybridized carbons (Fsp3) is 0.917. The smallest absolute Gasteiger partial charge is 0.0776 e. The third kappa shape index (κ3) is 50.6. The Kier molecular flexibility index (Phi) is 213. The van der Waals surface area contributed by atoms with Gasteiger partial charge in [-0.3, -0.25) is 0 Å². The minimum atomic E-state index is 0. The van der Waals surface area contributed by atoms with Crippen LogP contribution in [0.2, 0.25) is 0 Å². The van der Waals surface area contributed by atoms with Crippen molar-refractivity contribution >= 4 is 0 Å². The van der Waals surface area contributed by atoms with Crippen LogP contribution < -0.4 is 0 Å². The highest BCUT2D eigenvalue weighted by Gasteiger charge is 1.71. The summed E-state index contributed by atoms with van der Waals surface area (Å²) in [4.78, 5) is 0. The van der Waals surface area contributed by atoms with E-state index in [1.165, 1.54) is 12.8 Å². The van der Waals surface area contributed by atoms with Crippen LogP contribution in [0.4, 0.5) is 0 Å². The van der Waals surface area contributed by atoms with Gasteiger partial charge in [0.25, 0.3) is 0 Å². The highest BCUT2D eigenvalue weighted by atomic mass is 13.9. The van der Waals surface area contributed by atoms with E-state index in [2.05, 4.69) is 20.8 Å². The second kappa shape index (κ2) is 44.0. The molecule has 0 N–H and O–H groups in total. The maximum Gasteiger partial charge on any atom is -0.0776 e. The van der Waals surface area contributed by atoms with Gasteiger partial charge >= 0.3 is 0 Å². The molecule has 0 amide bonds. The predicted molar refractivity (Wildman–Crippen MR) is 69.9 cm³/mol. The quantitative estimate of drug-likeness (QED) is 0.444. The van der Waals surface area contributed by atoms with E-state index in [1.807, 2.05) is 0 Å². The summed E-state index contributed by atoms with van der Waals surface area (Å²) < 4.78 is 0. The lowest BCUT2D eigenvalue weighted by molar-refractivity contribution is 0.819. The Morgan fingerprint density at radius 3 is 0.833 bits per heavy atom. The zero-order valence-electron chi connectivity index (χ0n) is 4.91. The summed E-state index contributed by atoms with van der Waals surface area (Å²) in [5.41, 5.74) is 0. The average molecular weight is 181 g/mol. The summed E-state index contributed by atoms with van der Waals surface area (Å²) in [5.74, 6) is 1.59. The third-order valence-electron chi connectivity index (χ3n) is 1.21. The van der Waals surface area contributed by atoms with Gasteiger partial charge in [-0.05, 0) is 0 Å². The van der Waals surface area contributed by atoms with E-state index in [4.69, 9.17) is 0 Å². The van der Waals surface area contributed by atoms with Crippen molar-refractivity contribution in [1.29, 1.82) is 0 Å². The van der Waals surface area contributed by atoms with Gasteiger partial charge in [0.05, 0.1) is 0 Å². The molecule has 0 spiro atoms. The maximum atomic E-state index is 2.19. The van der Waals surface area contributed by atoms with E-state index in [0.717, 1.165) is 0 Å². The predicted octanol–water partition coefficient (Wildman–Crippen LogP) is 6.22. The largest absolute Gasteiger partial charge is 0.317 e. The molecule has 0 rings (SSSR count). The van der Waals surface area contributed by atoms with Crippen LogP contribution in [-0.4, -0.2) is 0 Å². The van der Waals surface area contributed by atoms with Crippen LogP contribution in [0, 0.1) is 5.92 Å². The van der Waals surface area contributed by atoms with E-state index < -0.39 is 0 Å². The topological polar surface area (TPSA) is 0 Å². The van der Waals surface area contributed by atoms with Crippen LogP contribution in [0.5, 0.6) is 0 Å². The van der Waals surface area contributed by atoms with Crippen LogP contribution in [0.15, 0.2) is 0 Å². The van der Waals surface area contributed by atoms with Crippen molar-refractivity contribution in [3.05, 3.63) is 5.92 Å². The van der Waals surface area contributed by atoms with E-state index >= 15 is 0 Å². The SMILES string of the molecule is C.C.C.C.C.C.CC[C-](C)CC. The molecule has 0 bridgehead atoms. The molecule has 86 valence electrons. The van der Waals surface area contributed by atoms with E-state index in [-0.39, 0.29) is 44.6 Å². The maximum absolute atomic E-state index is 2.19. The third-order valence-corrected chi connectivity index (χ3v) is 1.21. The van der Waals surface area contributed by atoms with E-state index in [9.17, 15) is 0 Å². The lowest BCUT2D eigenvalue weighted by Crippen LogP contribution is -1.81. The summed E-state index contributed by atoms with van der Waals surface area (Å²) in [6, 6.07) is 0. The van der Waals surface area contributed by atoms with Crippen molar-refractivity contribution in [3.63, 3.8) is 0 Å². The molecule has 0 heterocycles. The standard InChI is InChI=1S/C6H13.6CH4/c1-4-6(3)5-2;;;;;;/h4-5H2,1-3H3;6*1H4/q-1;;;;;;. The van der Waals surface area contributed by atoms with Gasteiger partial charge in [0, 0.05) is 0 Å². The van der Waals surface area contributed by atoms with Crippen molar-refractivity contribution in [1.82, 2.24) is 0 Å². The van der Waals surface area contributed by atoms with Gasteiger partial charge in [0.2, 0.25) is 0 Å². The minimum absolute atomic E-state index is 0. The number of hydrogen-bond acceptors (Lipinski definition) is 0. The van der Waals surface area contributed by atoms with Gasteiger partial charge in [-0.1, -0.05) is 58.4 Å². The van der Waals surface area contributed by atoms with Crippen molar-refractivity contribution < 1.29 is 0 Å². The first-order chi connectivity index (χ1) is 2.81. The van der Waals surface area contributed by atoms with Crippen molar-refractivity contribution in [2.24, 2.45) is 0 Å². The highest BCUT2D eigenvalue weighted by Crippen LogP contribution is 2.05. The Bertz CT molecular complexity index is 19.2. The molecule has 0 saturated heterocycles. The molecular formula is C12H37-. The average Bonchev–Trinajstić information content (AvgIpc) is 1.65. The summed E-state index contributed by atoms with van der Waals surface area (Å²) in [5, 5.41) is 0. The molecule has 0 aliphatic carbocycles. The second-order valence-electron chi connectivity index (χ2n) is 1.66. The first-order valence-electron chi connectivity index (χ1n) is 2.62. The molecule has 0 saturated carbocycles. The molecule has 12 heavy (non-hydrogen) atoms. The van der Waals surface area contributed by atoms with Gasteiger partial charge in [-0.25, -0.2) is 0 Å². The molecule has 0 radical (unpaired) electrons. The van der Waals surface area contributed by atoms with Crippen LogP contribution in [-0.2, 0) is 0 Å². The molecule has 0 aromatic heterocycles. The normalized spacial score (nSPS) is 5.00. The molecule has 0 aromatic carbocycles. The second-order valence-corrected chi connectivity index (χ2v) is 1.66. The summed E-state index contributed by atoms with van der Waals surface area (Å²) in [6.45, 7) is 6.58. The summed E-state index contributed by atoms with van der Waals surface area (Å²) in [7, 11) is 0. The first kappa shape index (κ1) is 58.1. The molecule has 0 aliphatic heterocycles. The van der Waals surface area contributed by atoms with Crippen molar-refractivity contribution in [2.45, 2.75) is 78.2 Å². The molecule has 0 heteroatoms. The van der Waals surface area contributed by atoms with Crippen LogP contribution in [0.25, 0.3) is 0 Å². The van der Waals surface area contributed by atoms with Gasteiger partial charge in [-0.2, -0.15) is 19.8 Å². The Labute approximate surface area is 84.8 Å². The van der Waals surface area contributed by atoms with Gasteiger partial charge < -0.3 is 5.92 Å². The number of hydrogen-bond donors (Lipinski definition) is 0. The van der Waals surface area contributed by atoms with Crippen molar-refractivity contribution in [2.75, 3.05) is 0 Å². The monoisotopic (exact) mass is 181 g/mol. The molecule has 0 unspecified atom stereocenters. The fourth-order valence-electron chi connectivity index (χ4n) is 0.250. The van der Waals surface area contributed by atoms with Gasteiger partial charge in [0.15, 0.2) is 0 Å². The Morgan fingerprint density at radius 1 is 0.667 bits per heavy atom.